The third kappa shape index (κ3) is 30.6. The Hall–Kier alpha value is -6.56. The molecule has 2 saturated heterocycles. The van der Waals surface area contributed by atoms with Gasteiger partial charge in [0.15, 0.2) is 11.7 Å². The van der Waals surface area contributed by atoms with Gasteiger partial charge in [0.2, 0.25) is 41.4 Å². The Morgan fingerprint density at radius 1 is 0.682 bits per heavy atom. The largest absolute Gasteiger partial charge is 0.480 e. The minimum absolute atomic E-state index is 0.0277. The van der Waals surface area contributed by atoms with E-state index in [0.717, 1.165) is 19.3 Å². The van der Waals surface area contributed by atoms with Crippen LogP contribution in [0.4, 0.5) is 4.79 Å². The van der Waals surface area contributed by atoms with Crippen molar-refractivity contribution in [3.8, 4) is 0 Å². The van der Waals surface area contributed by atoms with Crippen LogP contribution in [0.15, 0.2) is 4.99 Å². The summed E-state index contributed by atoms with van der Waals surface area (Å²) >= 11 is 0. The zero-order valence-electron chi connectivity index (χ0n) is 53.7. The summed E-state index contributed by atoms with van der Waals surface area (Å²) < 4.78 is 16.4. The summed E-state index contributed by atoms with van der Waals surface area (Å²) in [5.41, 5.74) is 11.5. The number of nitrogens with zero attached hydrogens (tertiary/aromatic N) is 3. The number of carboxylic acids is 1. The summed E-state index contributed by atoms with van der Waals surface area (Å²) in [6.45, 7) is 13.0. The molecule has 2 aliphatic rings. The van der Waals surface area contributed by atoms with Gasteiger partial charge in [-0.05, 0) is 125 Å². The first kappa shape index (κ1) is 77.5. The third-order valence-corrected chi connectivity index (χ3v) is 15.0. The number of nitrogens with two attached hydrogens (primary N) is 2. The molecule has 0 radical (unpaired) electrons. The van der Waals surface area contributed by atoms with Gasteiger partial charge in [-0.15, -0.1) is 0 Å². The Morgan fingerprint density at radius 3 is 1.91 bits per heavy atom. The number of Topliss-reactive ketones (excluding diaryl/α,β-unsaturated/α-hetero) is 1. The number of hydrogen-bond donors (Lipinski definition) is 13. The van der Waals surface area contributed by atoms with Gasteiger partial charge in [-0.3, -0.25) is 54.0 Å². The summed E-state index contributed by atoms with van der Waals surface area (Å²) in [6, 6.07) is -7.25. The molecule has 0 aromatic carbocycles. The number of hydrogen-bond acceptors (Lipinski definition) is 18. The molecule has 2 rings (SSSR count). The lowest BCUT2D eigenvalue weighted by molar-refractivity contribution is -0.143. The van der Waals surface area contributed by atoms with Crippen LogP contribution in [0.2, 0.25) is 0 Å². The standard InChI is InChI=1S/C59H107N15O14/c1-10-12-13-14-23-44(55(83)84)69-48(76)37-87-35-34-86-33-30-65-51(79)41(24-17-28-66-56(61)63-8)70-49(77)38(3)36-47(75)45-26-19-31-73(45)53(81)42(25-18-29-67-57(62)64-9)71-50(78)39(4)68-52(80)46-27-20-32-74(46)54(82)43(22-16-15-21-40(60)11-2)72-58(85)88-59(5,6)7/h38-39,41-46,57,60,64,67H,10-37,62H2,1-9H3,(H,65,79)(H,68,80)(H,69,76)(H,70,77)(H,71,78)(H,72,85)(H,83,84)(H3,61,63,66)/t38?,39?,41?,42?,43?,44-,45?,46?,57?/m0/s1. The summed E-state index contributed by atoms with van der Waals surface area (Å²) in [6.07, 6.45) is 7.42. The molecule has 2 aliphatic heterocycles. The van der Waals surface area contributed by atoms with Gasteiger partial charge in [0.05, 0.1) is 25.9 Å². The van der Waals surface area contributed by atoms with Gasteiger partial charge in [-0.25, -0.2) is 9.59 Å². The third-order valence-electron chi connectivity index (χ3n) is 15.0. The highest BCUT2D eigenvalue weighted by atomic mass is 16.6. The predicted octanol–water partition coefficient (Wildman–Crippen LogP) is 0.756. The number of ether oxygens (including phenoxy) is 3. The number of aliphatic carboxylic acids is 1. The number of amides is 8. The first-order valence-corrected chi connectivity index (χ1v) is 31.4. The van der Waals surface area contributed by atoms with Gasteiger partial charge in [-0.2, -0.15) is 0 Å². The average Bonchev–Trinajstić information content (AvgIpc) is 4.32. The molecule has 2 heterocycles. The molecule has 0 aromatic rings. The van der Waals surface area contributed by atoms with Crippen molar-refractivity contribution in [3.05, 3.63) is 0 Å². The normalized spacial score (nSPS) is 17.5. The molecule has 0 aromatic heterocycles. The quantitative estimate of drug-likeness (QED) is 0.0173. The maximum atomic E-state index is 14.6. The second kappa shape index (κ2) is 42.4. The highest BCUT2D eigenvalue weighted by Gasteiger charge is 2.41. The Bertz CT molecular complexity index is 2270. The van der Waals surface area contributed by atoms with E-state index in [1.54, 1.807) is 34.7 Å². The molecule has 15 N–H and O–H groups in total. The summed E-state index contributed by atoms with van der Waals surface area (Å²) in [4.78, 5) is 142. The number of nitrogens with one attached hydrogen (secondary N) is 10. The molecule has 0 bridgehead atoms. The van der Waals surface area contributed by atoms with Crippen molar-refractivity contribution < 1.29 is 67.3 Å². The average molecular weight is 1250 g/mol. The molecule has 29 heteroatoms. The number of aliphatic imine (C=N–C) groups is 1. The predicted molar refractivity (Wildman–Crippen MR) is 331 cm³/mol. The van der Waals surface area contributed by atoms with Crippen LogP contribution in [0.3, 0.4) is 0 Å². The first-order valence-electron chi connectivity index (χ1n) is 31.4. The Kier molecular flexibility index (Phi) is 37.3. The van der Waals surface area contributed by atoms with Gasteiger partial charge in [0, 0.05) is 51.3 Å². The second-order valence-electron chi connectivity index (χ2n) is 23.5. The van der Waals surface area contributed by atoms with E-state index in [9.17, 15) is 53.1 Å². The monoisotopic (exact) mass is 1250 g/mol. The smallest absolute Gasteiger partial charge is 0.408 e. The van der Waals surface area contributed by atoms with E-state index >= 15 is 0 Å². The minimum atomic E-state index is -1.18. The molecule has 0 spiro atoms. The fourth-order valence-corrected chi connectivity index (χ4v) is 9.97. The molecular weight excluding hydrogens is 1140 g/mol. The van der Waals surface area contributed by atoms with E-state index in [0.29, 0.717) is 95.9 Å². The van der Waals surface area contributed by atoms with E-state index in [-0.39, 0.29) is 83.5 Å². The summed E-state index contributed by atoms with van der Waals surface area (Å²) in [5.74, 6) is -6.17. The van der Waals surface area contributed by atoms with Crippen LogP contribution in [0.25, 0.3) is 0 Å². The minimum Gasteiger partial charge on any atom is -0.480 e. The van der Waals surface area contributed by atoms with Gasteiger partial charge in [0.1, 0.15) is 54.7 Å². The van der Waals surface area contributed by atoms with Crippen molar-refractivity contribution in [2.24, 2.45) is 22.4 Å². The number of unbranched alkanes of at least 4 members (excludes halogenated alkanes) is 4. The van der Waals surface area contributed by atoms with Crippen molar-refractivity contribution >= 4 is 70.9 Å². The van der Waals surface area contributed by atoms with E-state index in [1.165, 1.54) is 23.8 Å². The van der Waals surface area contributed by atoms with Gasteiger partial charge in [-0.1, -0.05) is 52.9 Å². The topological polar surface area (TPSA) is 422 Å². The molecule has 502 valence electrons. The molecule has 0 saturated carbocycles. The zero-order chi connectivity index (χ0) is 65.8. The maximum Gasteiger partial charge on any atom is 0.408 e. The van der Waals surface area contributed by atoms with Crippen LogP contribution in [-0.2, 0) is 57.4 Å². The number of rotatable bonds is 44. The fourth-order valence-electron chi connectivity index (χ4n) is 9.97. The van der Waals surface area contributed by atoms with Crippen molar-refractivity contribution in [1.82, 2.24) is 57.7 Å². The number of guanidine groups is 1. The molecule has 88 heavy (non-hydrogen) atoms. The molecule has 0 aliphatic carbocycles. The Balaban J connectivity index is 2.12. The van der Waals surface area contributed by atoms with E-state index in [2.05, 4.69) is 52.8 Å². The van der Waals surface area contributed by atoms with Crippen LogP contribution in [0.1, 0.15) is 170 Å². The summed E-state index contributed by atoms with van der Waals surface area (Å²) in [5, 5.41) is 42.6. The van der Waals surface area contributed by atoms with Crippen molar-refractivity contribution in [3.63, 3.8) is 0 Å². The van der Waals surface area contributed by atoms with Crippen LogP contribution in [-0.4, -0.2) is 213 Å². The van der Waals surface area contributed by atoms with Crippen LogP contribution in [0.5, 0.6) is 0 Å². The molecule has 9 atom stereocenters. The lowest BCUT2D eigenvalue weighted by Crippen LogP contribution is -2.58. The highest BCUT2D eigenvalue weighted by Crippen LogP contribution is 2.24. The van der Waals surface area contributed by atoms with Gasteiger partial charge < -0.3 is 83.2 Å². The Morgan fingerprint density at radius 2 is 1.27 bits per heavy atom. The molecular formula is C59H107N15O14. The lowest BCUT2D eigenvalue weighted by Gasteiger charge is -2.31. The number of alkyl carbamates (subject to hydrolysis) is 1. The molecule has 29 nitrogen and oxygen atoms in total. The van der Waals surface area contributed by atoms with Crippen molar-refractivity contribution in [2.75, 3.05) is 73.2 Å². The van der Waals surface area contributed by atoms with E-state index in [1.807, 2.05) is 13.8 Å². The lowest BCUT2D eigenvalue weighted by atomic mass is 9.97. The number of carbonyl (C=O) groups is 10. The number of carboxylic acid groups (broad SMARTS) is 1. The molecule has 2 fully saturated rings. The van der Waals surface area contributed by atoms with Crippen molar-refractivity contribution in [1.29, 1.82) is 5.41 Å². The van der Waals surface area contributed by atoms with E-state index in [4.69, 9.17) is 31.1 Å². The SMILES string of the molecule is CCCCCC[C@H](NC(=O)COCCOCCNC(=O)C(CCCNC(N)=NC)NC(=O)C(C)CC(=O)C1CCCN1C(=O)C(CCCNC(N)NC)NC(=O)C(C)NC(=O)C1CCCN1C(=O)C(CCCCC(=N)CC)NC(=O)OC(C)(C)C)C(=O)O. The zero-order valence-corrected chi connectivity index (χ0v) is 53.7. The second-order valence-corrected chi connectivity index (χ2v) is 23.5. The Labute approximate surface area is 519 Å². The molecule has 8 unspecified atom stereocenters. The van der Waals surface area contributed by atoms with Gasteiger partial charge >= 0.3 is 12.1 Å². The number of ketones is 1. The maximum absolute atomic E-state index is 14.6. The number of carbonyl (C=O) groups excluding carboxylic acids is 9. The van der Waals surface area contributed by atoms with Crippen LogP contribution < -0.4 is 59.3 Å². The van der Waals surface area contributed by atoms with Crippen LogP contribution >= 0.6 is 0 Å². The summed E-state index contributed by atoms with van der Waals surface area (Å²) in [7, 11) is 3.18. The van der Waals surface area contributed by atoms with E-state index < -0.39 is 114 Å². The highest BCUT2D eigenvalue weighted by molar-refractivity contribution is 5.98. The van der Waals surface area contributed by atoms with Crippen molar-refractivity contribution in [2.45, 2.75) is 225 Å². The van der Waals surface area contributed by atoms with Crippen LogP contribution in [0, 0.1) is 11.3 Å². The van der Waals surface area contributed by atoms with Gasteiger partial charge in [0.25, 0.3) is 0 Å². The molecule has 8 amide bonds. The fraction of sp³-hybridized carbons (Fsp3) is 0.797. The first-order chi connectivity index (χ1) is 41.8. The number of likely N-dealkylation sites (tertiary alicyclic amines) is 2.